The number of halogens is 2. The topological polar surface area (TPSA) is 86.9 Å². The lowest BCUT2D eigenvalue weighted by Crippen LogP contribution is -2.18. The molecule has 0 fully saturated rings. The van der Waals surface area contributed by atoms with Gasteiger partial charge in [0.2, 0.25) is 0 Å². The molecule has 4 N–H and O–H groups in total. The van der Waals surface area contributed by atoms with Gasteiger partial charge in [-0.1, -0.05) is 9.24 Å². The molecule has 2 rings (SSSR count). The van der Waals surface area contributed by atoms with E-state index in [1.54, 1.807) is 6.07 Å². The standard InChI is InChI=1S/C10H11F2N4OP/c11-10(12,18)4-16-7-2-1-5(13)3-6(7)8(15-16)9(14)17/h1-3H,4,13,18H2,(H2,14,17). The van der Waals surface area contributed by atoms with Crippen LogP contribution in [0.3, 0.4) is 0 Å². The van der Waals surface area contributed by atoms with Gasteiger partial charge in [-0.25, -0.2) is 8.78 Å². The van der Waals surface area contributed by atoms with Gasteiger partial charge in [0.1, 0.15) is 6.54 Å². The summed E-state index contributed by atoms with van der Waals surface area (Å²) in [5.74, 6) is -0.781. The van der Waals surface area contributed by atoms with E-state index in [0.717, 1.165) is 4.68 Å². The summed E-state index contributed by atoms with van der Waals surface area (Å²) in [5, 5.41) is 4.18. The van der Waals surface area contributed by atoms with E-state index in [0.29, 0.717) is 16.6 Å². The summed E-state index contributed by atoms with van der Waals surface area (Å²) >= 11 is 0. The highest BCUT2D eigenvalue weighted by atomic mass is 31.0. The predicted octanol–water partition coefficient (Wildman–Crippen LogP) is 1.19. The maximum atomic E-state index is 13.0. The first-order valence-electron chi connectivity index (χ1n) is 5.00. The number of fused-ring (bicyclic) bond motifs is 1. The molecule has 0 aliphatic heterocycles. The minimum atomic E-state index is -3.02. The average molecular weight is 272 g/mol. The molecule has 1 heterocycles. The number of nitrogens with two attached hydrogens (primary N) is 2. The van der Waals surface area contributed by atoms with Crippen LogP contribution in [0.1, 0.15) is 10.5 Å². The Balaban J connectivity index is 2.65. The Bertz CT molecular complexity index is 620. The second kappa shape index (κ2) is 4.17. The predicted molar refractivity (Wildman–Crippen MR) is 67.3 cm³/mol. The van der Waals surface area contributed by atoms with E-state index in [2.05, 4.69) is 5.10 Å². The zero-order valence-corrected chi connectivity index (χ0v) is 10.4. The molecule has 1 unspecified atom stereocenters. The third-order valence-electron chi connectivity index (χ3n) is 2.37. The van der Waals surface area contributed by atoms with Crippen LogP contribution in [0.4, 0.5) is 14.5 Å². The SMILES string of the molecule is NC(=O)c1nn(CC(F)(F)P)c2ccc(N)cc12. The molecule has 1 amide bonds. The number of benzene rings is 1. The third-order valence-corrected chi connectivity index (χ3v) is 2.55. The summed E-state index contributed by atoms with van der Waals surface area (Å²) in [4.78, 5) is 11.2. The Morgan fingerprint density at radius 3 is 2.72 bits per heavy atom. The van der Waals surface area contributed by atoms with Gasteiger partial charge in [-0.05, 0) is 18.2 Å². The van der Waals surface area contributed by atoms with Crippen LogP contribution in [-0.4, -0.2) is 21.4 Å². The molecule has 1 aromatic carbocycles. The average Bonchev–Trinajstić information content (AvgIpc) is 2.54. The summed E-state index contributed by atoms with van der Waals surface area (Å²) in [6, 6.07) is 4.56. The van der Waals surface area contributed by atoms with Crippen molar-refractivity contribution < 1.29 is 13.6 Å². The first-order chi connectivity index (χ1) is 8.28. The molecular formula is C10H11F2N4OP. The fourth-order valence-electron chi connectivity index (χ4n) is 1.70. The van der Waals surface area contributed by atoms with E-state index in [4.69, 9.17) is 11.5 Å². The molecule has 5 nitrogen and oxygen atoms in total. The normalized spacial score (nSPS) is 11.9. The fourth-order valence-corrected chi connectivity index (χ4v) is 1.87. The number of hydrogen-bond acceptors (Lipinski definition) is 3. The molecule has 0 spiro atoms. The Kier molecular flexibility index (Phi) is 2.94. The molecule has 0 bridgehead atoms. The number of primary amides is 1. The molecule has 0 saturated carbocycles. The van der Waals surface area contributed by atoms with Gasteiger partial charge < -0.3 is 11.5 Å². The lowest BCUT2D eigenvalue weighted by Gasteiger charge is -2.10. The van der Waals surface area contributed by atoms with Crippen molar-refractivity contribution >= 4 is 31.7 Å². The highest BCUT2D eigenvalue weighted by molar-refractivity contribution is 7.18. The van der Waals surface area contributed by atoms with Crippen molar-refractivity contribution in [2.24, 2.45) is 5.73 Å². The Hall–Kier alpha value is -1.75. The quantitative estimate of drug-likeness (QED) is 0.649. The lowest BCUT2D eigenvalue weighted by atomic mass is 10.2. The summed E-state index contributed by atoms with van der Waals surface area (Å²) in [6.45, 7) is -0.661. The summed E-state index contributed by atoms with van der Waals surface area (Å²) in [7, 11) is 1.42. The Morgan fingerprint density at radius 1 is 1.50 bits per heavy atom. The fraction of sp³-hybridized carbons (Fsp3) is 0.200. The molecule has 18 heavy (non-hydrogen) atoms. The zero-order chi connectivity index (χ0) is 13.5. The van der Waals surface area contributed by atoms with Crippen LogP contribution >= 0.6 is 9.24 Å². The smallest absolute Gasteiger partial charge is 0.278 e. The van der Waals surface area contributed by atoms with Gasteiger partial charge >= 0.3 is 0 Å². The van der Waals surface area contributed by atoms with Crippen LogP contribution in [0.2, 0.25) is 0 Å². The largest absolute Gasteiger partial charge is 0.399 e. The number of alkyl halides is 2. The van der Waals surface area contributed by atoms with Gasteiger partial charge in [0.15, 0.2) is 5.69 Å². The molecule has 96 valence electrons. The van der Waals surface area contributed by atoms with Crippen molar-refractivity contribution in [1.29, 1.82) is 0 Å². The second-order valence-corrected chi connectivity index (χ2v) is 4.75. The van der Waals surface area contributed by atoms with E-state index < -0.39 is 18.1 Å². The molecule has 2 aromatic rings. The number of carbonyl (C=O) groups excluding carboxylic acids is 1. The first kappa shape index (κ1) is 12.7. The number of hydrogen-bond donors (Lipinski definition) is 2. The number of aromatic nitrogens is 2. The Morgan fingerprint density at radius 2 is 2.17 bits per heavy atom. The minimum absolute atomic E-state index is 0.0634. The van der Waals surface area contributed by atoms with Gasteiger partial charge in [-0.2, -0.15) is 5.10 Å². The van der Waals surface area contributed by atoms with Crippen LogP contribution in [-0.2, 0) is 6.54 Å². The van der Waals surface area contributed by atoms with Crippen LogP contribution in [0, 0.1) is 0 Å². The number of nitrogens with zero attached hydrogens (tertiary/aromatic N) is 2. The van der Waals surface area contributed by atoms with Gasteiger partial charge in [0, 0.05) is 11.1 Å². The zero-order valence-electron chi connectivity index (χ0n) is 9.23. The number of amides is 1. The highest BCUT2D eigenvalue weighted by Crippen LogP contribution is 2.28. The van der Waals surface area contributed by atoms with Crippen LogP contribution < -0.4 is 11.5 Å². The molecule has 1 aromatic heterocycles. The monoisotopic (exact) mass is 272 g/mol. The maximum absolute atomic E-state index is 13.0. The van der Waals surface area contributed by atoms with Crippen molar-refractivity contribution in [2.45, 2.75) is 12.2 Å². The van der Waals surface area contributed by atoms with E-state index in [1.807, 2.05) is 0 Å². The van der Waals surface area contributed by atoms with E-state index >= 15 is 0 Å². The number of carbonyl (C=O) groups is 1. The number of anilines is 1. The van der Waals surface area contributed by atoms with Crippen molar-refractivity contribution in [3.8, 4) is 0 Å². The van der Waals surface area contributed by atoms with E-state index in [-0.39, 0.29) is 5.69 Å². The second-order valence-electron chi connectivity index (χ2n) is 3.91. The van der Waals surface area contributed by atoms with Crippen molar-refractivity contribution in [1.82, 2.24) is 9.78 Å². The number of rotatable bonds is 3. The van der Waals surface area contributed by atoms with Crippen LogP contribution in [0.15, 0.2) is 18.2 Å². The molecule has 1 atom stereocenters. The van der Waals surface area contributed by atoms with Gasteiger partial charge in [-0.3, -0.25) is 9.48 Å². The summed E-state index contributed by atoms with van der Waals surface area (Å²) < 4.78 is 27.0. The van der Waals surface area contributed by atoms with Gasteiger partial charge in [0.25, 0.3) is 11.6 Å². The van der Waals surface area contributed by atoms with Crippen LogP contribution in [0.5, 0.6) is 0 Å². The lowest BCUT2D eigenvalue weighted by molar-refractivity contribution is 0.0804. The Labute approximate surface area is 103 Å². The summed E-state index contributed by atoms with van der Waals surface area (Å²) in [5.41, 5.74) is 8.46. The molecule has 8 heteroatoms. The first-order valence-corrected chi connectivity index (χ1v) is 5.58. The highest BCUT2D eigenvalue weighted by Gasteiger charge is 2.25. The molecule has 0 aliphatic rings. The van der Waals surface area contributed by atoms with Crippen molar-refractivity contribution in [2.75, 3.05) is 5.73 Å². The molecular weight excluding hydrogens is 261 g/mol. The molecule has 0 saturated heterocycles. The molecule has 0 aliphatic carbocycles. The van der Waals surface area contributed by atoms with Gasteiger partial charge in [0.05, 0.1) is 5.52 Å². The van der Waals surface area contributed by atoms with Crippen LogP contribution in [0.25, 0.3) is 10.9 Å². The van der Waals surface area contributed by atoms with Crippen molar-refractivity contribution in [3.63, 3.8) is 0 Å². The van der Waals surface area contributed by atoms with E-state index in [9.17, 15) is 13.6 Å². The van der Waals surface area contributed by atoms with Crippen molar-refractivity contribution in [3.05, 3.63) is 23.9 Å². The number of nitrogen functional groups attached to an aromatic ring is 1. The molecule has 0 radical (unpaired) electrons. The van der Waals surface area contributed by atoms with E-state index in [1.165, 1.54) is 21.4 Å². The summed E-state index contributed by atoms with van der Waals surface area (Å²) in [6.07, 6.45) is 0. The minimum Gasteiger partial charge on any atom is -0.399 e. The maximum Gasteiger partial charge on any atom is 0.278 e. The third kappa shape index (κ3) is 2.41. The van der Waals surface area contributed by atoms with Gasteiger partial charge in [-0.15, -0.1) is 0 Å².